The first kappa shape index (κ1) is 21.0. The first-order valence-electron chi connectivity index (χ1n) is 7.67. The van der Waals surface area contributed by atoms with Crippen LogP contribution in [0.25, 0.3) is 6.08 Å². The van der Waals surface area contributed by atoms with E-state index >= 15 is 0 Å². The number of hydrogen-bond donors (Lipinski definition) is 1. The van der Waals surface area contributed by atoms with Crippen molar-refractivity contribution < 1.29 is 22.8 Å². The molecule has 2 amide bonds. The van der Waals surface area contributed by atoms with Gasteiger partial charge in [-0.1, -0.05) is 11.6 Å². The Bertz CT molecular complexity index is 658. The molecular weight excluding hydrogens is 357 g/mol. The number of carbonyl (C=O) groups excluding carboxylic acids is 2. The number of hydrogen-bond acceptors (Lipinski definition) is 2. The van der Waals surface area contributed by atoms with Crippen LogP contribution in [-0.2, 0) is 15.8 Å². The average Bonchev–Trinajstić information content (AvgIpc) is 2.49. The van der Waals surface area contributed by atoms with E-state index in [1.165, 1.54) is 11.0 Å². The fraction of sp³-hybridized carbons (Fsp3) is 0.412. The lowest BCUT2D eigenvalue weighted by Gasteiger charge is -2.19. The second-order valence-electron chi connectivity index (χ2n) is 5.64. The molecule has 4 nitrogen and oxygen atoms in total. The zero-order chi connectivity index (χ0) is 19.2. The summed E-state index contributed by atoms with van der Waals surface area (Å²) < 4.78 is 38.2. The molecular formula is C17H20ClF3N2O2. The lowest BCUT2D eigenvalue weighted by atomic mass is 10.1. The van der Waals surface area contributed by atoms with Crippen LogP contribution in [0.15, 0.2) is 24.3 Å². The van der Waals surface area contributed by atoms with Gasteiger partial charge in [0.2, 0.25) is 11.8 Å². The smallest absolute Gasteiger partial charge is 0.352 e. The fourth-order valence-corrected chi connectivity index (χ4v) is 2.18. The molecule has 0 aliphatic heterocycles. The zero-order valence-corrected chi connectivity index (χ0v) is 14.9. The second-order valence-corrected chi connectivity index (χ2v) is 6.05. The molecule has 1 rings (SSSR count). The first-order valence-corrected chi connectivity index (χ1v) is 8.05. The van der Waals surface area contributed by atoms with Crippen molar-refractivity contribution in [2.45, 2.75) is 33.0 Å². The van der Waals surface area contributed by atoms with Gasteiger partial charge in [-0.3, -0.25) is 9.59 Å². The molecule has 1 aromatic rings. The Morgan fingerprint density at radius 1 is 1.32 bits per heavy atom. The summed E-state index contributed by atoms with van der Waals surface area (Å²) in [6.45, 7) is 5.45. The predicted molar refractivity (Wildman–Crippen MR) is 91.0 cm³/mol. The molecule has 1 aromatic carbocycles. The fourth-order valence-electron chi connectivity index (χ4n) is 2.00. The third-order valence-electron chi connectivity index (χ3n) is 3.21. The standard InChI is InChI=1S/C17H20ClF3N2O2/c1-4-23(10-15(24)22-11(2)3)16(25)8-5-12-9-13(17(19,20)21)6-7-14(12)18/h5-9,11H,4,10H2,1-3H3,(H,22,24)/b8-5+. The van der Waals surface area contributed by atoms with Crippen LogP contribution in [-0.4, -0.2) is 35.8 Å². The van der Waals surface area contributed by atoms with Gasteiger partial charge in [0.15, 0.2) is 0 Å². The molecule has 0 aliphatic carbocycles. The van der Waals surface area contributed by atoms with Gasteiger partial charge < -0.3 is 10.2 Å². The van der Waals surface area contributed by atoms with Crippen molar-refractivity contribution in [2.24, 2.45) is 0 Å². The van der Waals surface area contributed by atoms with Crippen molar-refractivity contribution in [1.82, 2.24) is 10.2 Å². The molecule has 25 heavy (non-hydrogen) atoms. The van der Waals surface area contributed by atoms with E-state index in [1.807, 2.05) is 0 Å². The van der Waals surface area contributed by atoms with Crippen LogP contribution in [0, 0.1) is 0 Å². The van der Waals surface area contributed by atoms with Gasteiger partial charge >= 0.3 is 6.18 Å². The number of likely N-dealkylation sites (N-methyl/N-ethyl adjacent to an activating group) is 1. The molecule has 0 spiro atoms. The summed E-state index contributed by atoms with van der Waals surface area (Å²) in [6.07, 6.45) is -2.18. The molecule has 0 aliphatic rings. The third kappa shape index (κ3) is 6.78. The number of halogens is 4. The van der Waals surface area contributed by atoms with Crippen LogP contribution < -0.4 is 5.32 Å². The maximum atomic E-state index is 12.7. The van der Waals surface area contributed by atoms with Gasteiger partial charge in [-0.2, -0.15) is 13.2 Å². The molecule has 0 unspecified atom stereocenters. The van der Waals surface area contributed by atoms with Gasteiger partial charge in [-0.15, -0.1) is 0 Å². The SMILES string of the molecule is CCN(CC(=O)NC(C)C)C(=O)/C=C/c1cc(C(F)(F)F)ccc1Cl. The maximum Gasteiger partial charge on any atom is 0.416 e. The van der Waals surface area contributed by atoms with E-state index in [9.17, 15) is 22.8 Å². The predicted octanol–water partition coefficient (Wildman–Crippen LogP) is 3.75. The summed E-state index contributed by atoms with van der Waals surface area (Å²) in [6, 6.07) is 2.81. The van der Waals surface area contributed by atoms with E-state index in [1.54, 1.807) is 20.8 Å². The minimum atomic E-state index is -4.50. The van der Waals surface area contributed by atoms with Crippen LogP contribution in [0.1, 0.15) is 31.9 Å². The molecule has 0 saturated heterocycles. The minimum absolute atomic E-state index is 0.0548. The van der Waals surface area contributed by atoms with Gasteiger partial charge in [0.05, 0.1) is 12.1 Å². The van der Waals surface area contributed by atoms with Crippen molar-refractivity contribution in [3.63, 3.8) is 0 Å². The number of benzene rings is 1. The molecule has 0 bridgehead atoms. The highest BCUT2D eigenvalue weighted by Crippen LogP contribution is 2.32. The van der Waals surface area contributed by atoms with E-state index in [4.69, 9.17) is 11.6 Å². The normalized spacial score (nSPS) is 11.8. The van der Waals surface area contributed by atoms with E-state index in [0.717, 1.165) is 24.3 Å². The van der Waals surface area contributed by atoms with Gasteiger partial charge in [-0.25, -0.2) is 0 Å². The third-order valence-corrected chi connectivity index (χ3v) is 3.55. The van der Waals surface area contributed by atoms with Crippen molar-refractivity contribution in [1.29, 1.82) is 0 Å². The molecule has 0 atom stereocenters. The minimum Gasteiger partial charge on any atom is -0.352 e. The number of rotatable bonds is 6. The highest BCUT2D eigenvalue weighted by atomic mass is 35.5. The Morgan fingerprint density at radius 3 is 2.48 bits per heavy atom. The summed E-state index contributed by atoms with van der Waals surface area (Å²) in [7, 11) is 0. The van der Waals surface area contributed by atoms with E-state index < -0.39 is 17.6 Å². The van der Waals surface area contributed by atoms with Gasteiger partial charge in [0.1, 0.15) is 0 Å². The lowest BCUT2D eigenvalue weighted by Crippen LogP contribution is -2.42. The van der Waals surface area contributed by atoms with Crippen LogP contribution >= 0.6 is 11.6 Å². The molecule has 0 saturated carbocycles. The van der Waals surface area contributed by atoms with Crippen LogP contribution in [0.2, 0.25) is 5.02 Å². The molecule has 0 heterocycles. The highest BCUT2D eigenvalue weighted by Gasteiger charge is 2.30. The number of alkyl halides is 3. The van der Waals surface area contributed by atoms with Crippen LogP contribution in [0.4, 0.5) is 13.2 Å². The number of amides is 2. The van der Waals surface area contributed by atoms with E-state index in [-0.39, 0.29) is 35.6 Å². The van der Waals surface area contributed by atoms with E-state index in [0.29, 0.717) is 0 Å². The first-order chi connectivity index (χ1) is 11.5. The summed E-state index contributed by atoms with van der Waals surface area (Å²) in [4.78, 5) is 25.2. The van der Waals surface area contributed by atoms with Crippen LogP contribution in [0.3, 0.4) is 0 Å². The molecule has 138 valence electrons. The van der Waals surface area contributed by atoms with Gasteiger partial charge in [0.25, 0.3) is 0 Å². The highest BCUT2D eigenvalue weighted by molar-refractivity contribution is 6.32. The number of nitrogens with one attached hydrogen (secondary N) is 1. The summed E-state index contributed by atoms with van der Waals surface area (Å²) in [5.74, 6) is -0.800. The number of carbonyl (C=O) groups is 2. The quantitative estimate of drug-likeness (QED) is 0.769. The van der Waals surface area contributed by atoms with Gasteiger partial charge in [-0.05, 0) is 50.6 Å². The summed E-state index contributed by atoms with van der Waals surface area (Å²) >= 11 is 5.88. The molecule has 1 N–H and O–H groups in total. The molecule has 0 aromatic heterocycles. The Hall–Kier alpha value is -2.02. The topological polar surface area (TPSA) is 49.4 Å². The van der Waals surface area contributed by atoms with Crippen molar-refractivity contribution >= 4 is 29.5 Å². The second kappa shape index (κ2) is 8.89. The van der Waals surface area contributed by atoms with Gasteiger partial charge in [0, 0.05) is 23.7 Å². The number of nitrogens with zero attached hydrogens (tertiary/aromatic N) is 1. The van der Waals surface area contributed by atoms with Crippen LogP contribution in [0.5, 0.6) is 0 Å². The van der Waals surface area contributed by atoms with Crippen molar-refractivity contribution in [3.05, 3.63) is 40.4 Å². The summed E-state index contributed by atoms with van der Waals surface area (Å²) in [5.41, 5.74) is -0.778. The molecule has 0 fully saturated rings. The maximum absolute atomic E-state index is 12.7. The van der Waals surface area contributed by atoms with Crippen molar-refractivity contribution in [3.8, 4) is 0 Å². The Labute approximate surface area is 149 Å². The Balaban J connectivity index is 2.89. The summed E-state index contributed by atoms with van der Waals surface area (Å²) in [5, 5.41) is 2.76. The van der Waals surface area contributed by atoms with E-state index in [2.05, 4.69) is 5.32 Å². The Morgan fingerprint density at radius 2 is 1.96 bits per heavy atom. The average molecular weight is 377 g/mol. The zero-order valence-electron chi connectivity index (χ0n) is 14.2. The molecule has 0 radical (unpaired) electrons. The lowest BCUT2D eigenvalue weighted by molar-refractivity contribution is -0.137. The molecule has 8 heteroatoms. The monoisotopic (exact) mass is 376 g/mol. The van der Waals surface area contributed by atoms with Crippen molar-refractivity contribution in [2.75, 3.05) is 13.1 Å². The largest absolute Gasteiger partial charge is 0.416 e. The Kier molecular flexibility index (Phi) is 7.48.